The number of Topliss-reactive ketones (excluding diaryl/α,β-unsaturated/α-hetero) is 1. The number of nitrogens with zero attached hydrogens (tertiary/aromatic N) is 1. The van der Waals surface area contributed by atoms with Crippen molar-refractivity contribution < 1.29 is 14.3 Å². The fraction of sp³-hybridized carbons (Fsp3) is 0.533. The molecule has 4 nitrogen and oxygen atoms in total. The van der Waals surface area contributed by atoms with Crippen LogP contribution in [0.1, 0.15) is 24.2 Å². The van der Waals surface area contributed by atoms with Crippen LogP contribution in [0.3, 0.4) is 0 Å². The molecular formula is C15H20ClNO3. The van der Waals surface area contributed by atoms with E-state index in [1.807, 2.05) is 0 Å². The van der Waals surface area contributed by atoms with Gasteiger partial charge in [0.05, 0.1) is 31.9 Å². The van der Waals surface area contributed by atoms with Crippen molar-refractivity contribution in [2.45, 2.75) is 19.4 Å². The van der Waals surface area contributed by atoms with Crippen LogP contribution in [-0.4, -0.2) is 49.6 Å². The monoisotopic (exact) mass is 297 g/mol. The first-order valence-corrected chi connectivity index (χ1v) is 7.01. The summed E-state index contributed by atoms with van der Waals surface area (Å²) in [5, 5.41) is 0.458. The van der Waals surface area contributed by atoms with Crippen molar-refractivity contribution in [2.75, 3.05) is 33.4 Å². The number of hydrogen-bond donors (Lipinski definition) is 0. The molecule has 110 valence electrons. The molecule has 0 amide bonds. The van der Waals surface area contributed by atoms with E-state index in [1.54, 1.807) is 25.3 Å². The summed E-state index contributed by atoms with van der Waals surface area (Å²) >= 11 is 6.06. The fourth-order valence-corrected chi connectivity index (χ4v) is 2.55. The summed E-state index contributed by atoms with van der Waals surface area (Å²) in [5.41, 5.74) is 0.488. The highest BCUT2D eigenvalue weighted by molar-refractivity contribution is 6.32. The molecule has 0 saturated carbocycles. The van der Waals surface area contributed by atoms with Crippen molar-refractivity contribution in [2.24, 2.45) is 0 Å². The fourth-order valence-electron chi connectivity index (χ4n) is 2.29. The van der Waals surface area contributed by atoms with Crippen molar-refractivity contribution in [3.8, 4) is 5.75 Å². The number of methoxy groups -OCH3 is 1. The van der Waals surface area contributed by atoms with E-state index in [0.29, 0.717) is 36.1 Å². The van der Waals surface area contributed by atoms with Crippen molar-refractivity contribution in [1.82, 2.24) is 4.90 Å². The topological polar surface area (TPSA) is 38.8 Å². The maximum Gasteiger partial charge on any atom is 0.176 e. The number of rotatable bonds is 4. The van der Waals surface area contributed by atoms with Gasteiger partial charge in [0.2, 0.25) is 0 Å². The average Bonchev–Trinajstić information content (AvgIpc) is 2.41. The number of carbonyl (C=O) groups is 1. The zero-order chi connectivity index (χ0) is 14.8. The van der Waals surface area contributed by atoms with Gasteiger partial charge < -0.3 is 9.47 Å². The number of benzene rings is 1. The van der Waals surface area contributed by atoms with E-state index >= 15 is 0 Å². The van der Waals surface area contributed by atoms with Crippen molar-refractivity contribution in [1.29, 1.82) is 0 Å². The Morgan fingerprint density at radius 2 is 2.25 bits per heavy atom. The van der Waals surface area contributed by atoms with Crippen molar-refractivity contribution in [3.63, 3.8) is 0 Å². The minimum atomic E-state index is -0.121. The van der Waals surface area contributed by atoms with Crippen LogP contribution in [0.4, 0.5) is 0 Å². The van der Waals surface area contributed by atoms with Gasteiger partial charge in [0, 0.05) is 17.6 Å². The lowest BCUT2D eigenvalue weighted by atomic mass is 10.0. The molecule has 2 rings (SSSR count). The van der Waals surface area contributed by atoms with Crippen LogP contribution in [-0.2, 0) is 4.74 Å². The van der Waals surface area contributed by atoms with Gasteiger partial charge >= 0.3 is 0 Å². The molecule has 0 unspecified atom stereocenters. The standard InChI is InChI=1S/C15H20ClNO3/c1-15(2)10-20-7-6-17(15)9-13(18)11-4-5-14(19-3)12(16)8-11/h4-5,8H,6-7,9-10H2,1-3H3. The van der Waals surface area contributed by atoms with Gasteiger partial charge in [-0.3, -0.25) is 9.69 Å². The lowest BCUT2D eigenvalue weighted by Gasteiger charge is -2.41. The molecule has 1 heterocycles. The molecule has 1 saturated heterocycles. The highest BCUT2D eigenvalue weighted by Gasteiger charge is 2.31. The molecule has 1 aromatic rings. The first-order valence-electron chi connectivity index (χ1n) is 6.63. The normalized spacial score (nSPS) is 18.8. The minimum absolute atomic E-state index is 0.0597. The third-order valence-corrected chi connectivity index (χ3v) is 3.92. The zero-order valence-electron chi connectivity index (χ0n) is 12.1. The van der Waals surface area contributed by atoms with Crippen molar-refractivity contribution in [3.05, 3.63) is 28.8 Å². The molecule has 1 aliphatic heterocycles. The number of halogens is 1. The van der Waals surface area contributed by atoms with E-state index in [0.717, 1.165) is 6.54 Å². The summed E-state index contributed by atoms with van der Waals surface area (Å²) in [5.74, 6) is 0.638. The van der Waals surface area contributed by atoms with Gasteiger partial charge in [-0.2, -0.15) is 0 Å². The summed E-state index contributed by atoms with van der Waals surface area (Å²) in [4.78, 5) is 14.5. The number of morpholine rings is 1. The van der Waals surface area contributed by atoms with Gasteiger partial charge in [0.1, 0.15) is 5.75 Å². The highest BCUT2D eigenvalue weighted by Crippen LogP contribution is 2.26. The Bertz CT molecular complexity index is 502. The van der Waals surface area contributed by atoms with Crippen LogP contribution in [0.15, 0.2) is 18.2 Å². The molecule has 0 spiro atoms. The van der Waals surface area contributed by atoms with Crippen LogP contribution in [0.2, 0.25) is 5.02 Å². The van der Waals surface area contributed by atoms with Gasteiger partial charge in [-0.05, 0) is 32.0 Å². The minimum Gasteiger partial charge on any atom is -0.495 e. The van der Waals surface area contributed by atoms with Crippen molar-refractivity contribution >= 4 is 17.4 Å². The third kappa shape index (κ3) is 3.32. The van der Waals surface area contributed by atoms with Gasteiger partial charge in [0.15, 0.2) is 5.78 Å². The molecule has 1 aliphatic rings. The summed E-state index contributed by atoms with van der Waals surface area (Å²) in [6.45, 7) is 6.62. The second kappa shape index (κ2) is 6.12. The molecule has 1 aromatic carbocycles. The maximum atomic E-state index is 12.4. The quantitative estimate of drug-likeness (QED) is 0.801. The molecule has 0 bridgehead atoms. The van der Waals surface area contributed by atoms with E-state index in [1.165, 1.54) is 0 Å². The Labute approximate surface area is 124 Å². The van der Waals surface area contributed by atoms with E-state index in [2.05, 4.69) is 18.7 Å². The predicted octanol–water partition coefficient (Wildman–Crippen LogP) is 2.64. The molecule has 0 aliphatic carbocycles. The second-order valence-corrected chi connectivity index (χ2v) is 5.97. The summed E-state index contributed by atoms with van der Waals surface area (Å²) in [7, 11) is 1.55. The van der Waals surface area contributed by atoms with E-state index in [4.69, 9.17) is 21.1 Å². The SMILES string of the molecule is COc1ccc(C(=O)CN2CCOCC2(C)C)cc1Cl. The Morgan fingerprint density at radius 3 is 2.85 bits per heavy atom. The highest BCUT2D eigenvalue weighted by atomic mass is 35.5. The van der Waals surface area contributed by atoms with Gasteiger partial charge in [-0.1, -0.05) is 11.6 Å². The Morgan fingerprint density at radius 1 is 1.50 bits per heavy atom. The average molecular weight is 298 g/mol. The van der Waals surface area contributed by atoms with Crippen LogP contribution >= 0.6 is 11.6 Å². The lowest BCUT2D eigenvalue weighted by molar-refractivity contribution is -0.0467. The second-order valence-electron chi connectivity index (χ2n) is 5.56. The lowest BCUT2D eigenvalue weighted by Crippen LogP contribution is -2.54. The Kier molecular flexibility index (Phi) is 4.68. The number of carbonyl (C=O) groups excluding carboxylic acids is 1. The Balaban J connectivity index is 2.10. The predicted molar refractivity (Wildman–Crippen MR) is 78.8 cm³/mol. The van der Waals surface area contributed by atoms with E-state index in [9.17, 15) is 4.79 Å². The van der Waals surface area contributed by atoms with Crippen LogP contribution in [0, 0.1) is 0 Å². The molecule has 20 heavy (non-hydrogen) atoms. The maximum absolute atomic E-state index is 12.4. The largest absolute Gasteiger partial charge is 0.495 e. The number of hydrogen-bond acceptors (Lipinski definition) is 4. The van der Waals surface area contributed by atoms with E-state index < -0.39 is 0 Å². The van der Waals surface area contributed by atoms with Gasteiger partial charge in [-0.15, -0.1) is 0 Å². The van der Waals surface area contributed by atoms with Crippen LogP contribution < -0.4 is 4.74 Å². The summed E-state index contributed by atoms with van der Waals surface area (Å²) in [6.07, 6.45) is 0. The first-order chi connectivity index (χ1) is 9.44. The summed E-state index contributed by atoms with van der Waals surface area (Å²) < 4.78 is 10.6. The number of ketones is 1. The number of ether oxygens (including phenoxy) is 2. The Hall–Kier alpha value is -1.10. The molecule has 1 fully saturated rings. The molecule has 0 aromatic heterocycles. The van der Waals surface area contributed by atoms with Gasteiger partial charge in [-0.25, -0.2) is 0 Å². The first kappa shape index (κ1) is 15.3. The molecule has 0 N–H and O–H groups in total. The third-order valence-electron chi connectivity index (χ3n) is 3.63. The smallest absolute Gasteiger partial charge is 0.176 e. The van der Waals surface area contributed by atoms with Crippen LogP contribution in [0.25, 0.3) is 0 Å². The summed E-state index contributed by atoms with van der Waals surface area (Å²) in [6, 6.07) is 5.14. The molecule has 0 atom stereocenters. The molecule has 5 heteroatoms. The molecular weight excluding hydrogens is 278 g/mol. The van der Waals surface area contributed by atoms with Crippen LogP contribution in [0.5, 0.6) is 5.75 Å². The van der Waals surface area contributed by atoms with E-state index in [-0.39, 0.29) is 11.3 Å². The molecule has 0 radical (unpaired) electrons. The van der Waals surface area contributed by atoms with Gasteiger partial charge in [0.25, 0.3) is 0 Å². The zero-order valence-corrected chi connectivity index (χ0v) is 12.9.